The summed E-state index contributed by atoms with van der Waals surface area (Å²) in [6, 6.07) is 8.84. The van der Waals surface area contributed by atoms with Crippen LogP contribution >= 0.6 is 8.58 Å². The lowest BCUT2D eigenvalue weighted by Crippen LogP contribution is -2.09. The molecule has 146 valence electrons. The lowest BCUT2D eigenvalue weighted by atomic mass is 10.2. The van der Waals surface area contributed by atoms with E-state index in [4.69, 9.17) is 23.7 Å². The molecule has 0 amide bonds. The molecule has 0 aliphatic heterocycles. The number of hydrogen-bond donors (Lipinski definition) is 0. The molecule has 2 aromatic rings. The van der Waals surface area contributed by atoms with Gasteiger partial charge in [-0.05, 0) is 34.6 Å². The molecule has 1 atom stereocenters. The summed E-state index contributed by atoms with van der Waals surface area (Å²) in [7, 11) is 4.41. The Morgan fingerprint density at radius 1 is 0.815 bits per heavy atom. The fraction of sp³-hybridized carbons (Fsp3) is 0.350. The van der Waals surface area contributed by atoms with Crippen LogP contribution in [0, 0.1) is 0 Å². The third-order valence-electron chi connectivity index (χ3n) is 3.75. The highest BCUT2D eigenvalue weighted by Gasteiger charge is 2.22. The van der Waals surface area contributed by atoms with E-state index in [-0.39, 0.29) is 14.1 Å². The summed E-state index contributed by atoms with van der Waals surface area (Å²) in [5.74, 6) is 2.72. The van der Waals surface area contributed by atoms with Crippen molar-refractivity contribution in [3.05, 3.63) is 35.9 Å². The van der Waals surface area contributed by atoms with E-state index < -0.39 is 0 Å². The molecule has 7 heteroatoms. The first-order valence-electron chi connectivity index (χ1n) is 8.58. The van der Waals surface area contributed by atoms with Crippen molar-refractivity contribution >= 4 is 19.4 Å². The Bertz CT molecular complexity index is 765. The van der Waals surface area contributed by atoms with Gasteiger partial charge in [-0.3, -0.25) is 4.79 Å². The van der Waals surface area contributed by atoms with Crippen LogP contribution in [0.3, 0.4) is 0 Å². The predicted octanol–water partition coefficient (Wildman–Crippen LogP) is 3.65. The van der Waals surface area contributed by atoms with Gasteiger partial charge in [-0.25, -0.2) is 0 Å². The number of benzene rings is 2. The molecule has 2 aromatic carbocycles. The van der Waals surface area contributed by atoms with Crippen molar-refractivity contribution in [1.82, 2.24) is 0 Å². The van der Waals surface area contributed by atoms with Crippen LogP contribution in [0.4, 0.5) is 0 Å². The molecular formula is C20H25O6P. The monoisotopic (exact) mass is 392 g/mol. The molecule has 0 bridgehead atoms. The van der Waals surface area contributed by atoms with Crippen molar-refractivity contribution in [2.24, 2.45) is 0 Å². The number of carbonyl (C=O) groups excluding carboxylic acids is 1. The third-order valence-corrected chi connectivity index (χ3v) is 4.91. The molecule has 0 aliphatic rings. The highest BCUT2D eigenvalue weighted by atomic mass is 31.1. The molecule has 0 spiro atoms. The van der Waals surface area contributed by atoms with Crippen LogP contribution < -0.4 is 29.0 Å². The van der Waals surface area contributed by atoms with Gasteiger partial charge in [0.2, 0.25) is 0 Å². The zero-order valence-electron chi connectivity index (χ0n) is 16.3. The van der Waals surface area contributed by atoms with Gasteiger partial charge in [-0.15, -0.1) is 0 Å². The second-order valence-electron chi connectivity index (χ2n) is 5.39. The topological polar surface area (TPSA) is 63.2 Å². The lowest BCUT2D eigenvalue weighted by molar-refractivity contribution is 0.108. The van der Waals surface area contributed by atoms with Gasteiger partial charge in [0, 0.05) is 23.5 Å². The van der Waals surface area contributed by atoms with E-state index in [9.17, 15) is 4.79 Å². The van der Waals surface area contributed by atoms with E-state index in [1.807, 2.05) is 32.0 Å². The molecule has 2 rings (SSSR count). The molecule has 27 heavy (non-hydrogen) atoms. The summed E-state index contributed by atoms with van der Waals surface area (Å²) in [5.41, 5.74) is 0.270. The van der Waals surface area contributed by atoms with Gasteiger partial charge < -0.3 is 23.7 Å². The number of methoxy groups -OCH3 is 3. The van der Waals surface area contributed by atoms with Crippen molar-refractivity contribution in [2.45, 2.75) is 13.8 Å². The normalized spacial score (nSPS) is 10.7. The number of carbonyl (C=O) groups is 1. The highest BCUT2D eigenvalue weighted by Crippen LogP contribution is 2.38. The zero-order valence-corrected chi connectivity index (χ0v) is 17.3. The quantitative estimate of drug-likeness (QED) is 0.575. The maximum Gasteiger partial charge on any atom is 0.193 e. The van der Waals surface area contributed by atoms with Crippen LogP contribution in [0.1, 0.15) is 24.2 Å². The minimum Gasteiger partial charge on any atom is -0.496 e. The largest absolute Gasteiger partial charge is 0.496 e. The Morgan fingerprint density at radius 3 is 1.93 bits per heavy atom. The van der Waals surface area contributed by atoms with Gasteiger partial charge >= 0.3 is 0 Å². The summed E-state index contributed by atoms with van der Waals surface area (Å²) in [6.07, 6.45) is 0. The lowest BCUT2D eigenvalue weighted by Gasteiger charge is -2.16. The molecule has 0 fully saturated rings. The van der Waals surface area contributed by atoms with Gasteiger partial charge in [-0.2, -0.15) is 0 Å². The van der Waals surface area contributed by atoms with E-state index in [1.165, 1.54) is 14.2 Å². The molecule has 1 unspecified atom stereocenters. The SMILES string of the molecule is CCOc1ccc(PC(=O)c2c(OC)cc(OC)cc2OC)c(OCC)c1. The summed E-state index contributed by atoms with van der Waals surface area (Å²) in [4.78, 5) is 13.1. The number of rotatable bonds is 10. The summed E-state index contributed by atoms with van der Waals surface area (Å²) < 4.78 is 27.2. The first-order chi connectivity index (χ1) is 13.1. The number of ether oxygens (including phenoxy) is 5. The third kappa shape index (κ3) is 5.04. The minimum absolute atomic E-state index is 0.114. The van der Waals surface area contributed by atoms with Crippen molar-refractivity contribution < 1.29 is 28.5 Å². The van der Waals surface area contributed by atoms with Crippen molar-refractivity contribution in [3.63, 3.8) is 0 Å². The Balaban J connectivity index is 2.39. The van der Waals surface area contributed by atoms with Gasteiger partial charge in [0.1, 0.15) is 34.3 Å². The maximum absolute atomic E-state index is 13.1. The molecular weight excluding hydrogens is 367 g/mol. The first kappa shape index (κ1) is 20.8. The second-order valence-corrected chi connectivity index (χ2v) is 6.63. The zero-order chi connectivity index (χ0) is 19.8. The fourth-order valence-corrected chi connectivity index (χ4v) is 3.60. The van der Waals surface area contributed by atoms with Gasteiger partial charge in [0.05, 0.1) is 34.5 Å². The average molecular weight is 392 g/mol. The number of hydrogen-bond acceptors (Lipinski definition) is 6. The molecule has 0 aliphatic carbocycles. The summed E-state index contributed by atoms with van der Waals surface area (Å²) in [5, 5.41) is 0.797. The molecule has 0 aromatic heterocycles. The van der Waals surface area contributed by atoms with Crippen LogP contribution in [0.25, 0.3) is 0 Å². The van der Waals surface area contributed by atoms with E-state index in [1.54, 1.807) is 19.2 Å². The first-order valence-corrected chi connectivity index (χ1v) is 9.58. The smallest absolute Gasteiger partial charge is 0.193 e. The van der Waals surface area contributed by atoms with Crippen LogP contribution in [0.2, 0.25) is 0 Å². The van der Waals surface area contributed by atoms with Gasteiger partial charge in [0.25, 0.3) is 0 Å². The van der Waals surface area contributed by atoms with Crippen LogP contribution in [0.15, 0.2) is 30.3 Å². The van der Waals surface area contributed by atoms with Crippen molar-refractivity contribution in [3.8, 4) is 28.7 Å². The predicted molar refractivity (Wildman–Crippen MR) is 107 cm³/mol. The summed E-state index contributed by atoms with van der Waals surface area (Å²) >= 11 is 0. The van der Waals surface area contributed by atoms with E-state index >= 15 is 0 Å². The molecule has 0 radical (unpaired) electrons. The maximum atomic E-state index is 13.1. The van der Waals surface area contributed by atoms with Crippen LogP contribution in [-0.2, 0) is 0 Å². The van der Waals surface area contributed by atoms with E-state index in [0.717, 1.165) is 5.30 Å². The average Bonchev–Trinajstić information content (AvgIpc) is 2.69. The molecule has 0 heterocycles. The molecule has 0 saturated heterocycles. The van der Waals surface area contributed by atoms with Crippen molar-refractivity contribution in [1.29, 1.82) is 0 Å². The van der Waals surface area contributed by atoms with Gasteiger partial charge in [0.15, 0.2) is 5.52 Å². The summed E-state index contributed by atoms with van der Waals surface area (Å²) in [6.45, 7) is 4.88. The Morgan fingerprint density at radius 2 is 1.41 bits per heavy atom. The molecule has 6 nitrogen and oxygen atoms in total. The Labute approximate surface area is 161 Å². The van der Waals surface area contributed by atoms with Crippen molar-refractivity contribution in [2.75, 3.05) is 34.5 Å². The minimum atomic E-state index is -0.161. The Kier molecular flexibility index (Phi) is 7.74. The standard InChI is InChI=1S/C20H25O6P/c1-6-25-13-8-9-18(15(10-13)26-7-2)27-20(21)19-16(23-4)11-14(22-3)12-17(19)24-5/h8-12,27H,6-7H2,1-5H3. The van der Waals surface area contributed by atoms with E-state index in [0.29, 0.717) is 47.5 Å². The Hall–Kier alpha value is -2.46. The molecule has 0 saturated carbocycles. The fourth-order valence-electron chi connectivity index (χ4n) is 2.55. The second kappa shape index (κ2) is 10.0. The van der Waals surface area contributed by atoms with Crippen LogP contribution in [-0.4, -0.2) is 40.1 Å². The molecule has 0 N–H and O–H groups in total. The van der Waals surface area contributed by atoms with E-state index in [2.05, 4.69) is 0 Å². The van der Waals surface area contributed by atoms with Gasteiger partial charge in [-0.1, -0.05) is 0 Å². The highest BCUT2D eigenvalue weighted by molar-refractivity contribution is 7.66. The van der Waals surface area contributed by atoms with Crippen LogP contribution in [0.5, 0.6) is 28.7 Å².